The van der Waals surface area contributed by atoms with Crippen molar-refractivity contribution in [3.63, 3.8) is 0 Å². The van der Waals surface area contributed by atoms with Crippen molar-refractivity contribution in [3.05, 3.63) is 41.6 Å². The summed E-state index contributed by atoms with van der Waals surface area (Å²) >= 11 is 14.5. The lowest BCUT2D eigenvalue weighted by molar-refractivity contribution is -0.148. The zero-order chi connectivity index (χ0) is 35.8. The van der Waals surface area contributed by atoms with Crippen LogP contribution < -0.4 is 24.9 Å². The topological polar surface area (TPSA) is 143 Å². The number of methoxy groups -OCH3 is 2. The van der Waals surface area contributed by atoms with Gasteiger partial charge in [-0.05, 0) is 49.6 Å². The number of carbonyl (C=O) groups is 3. The third-order valence-electron chi connectivity index (χ3n) is 9.05. The van der Waals surface area contributed by atoms with Crippen LogP contribution in [0.15, 0.2) is 35.8 Å². The lowest BCUT2D eigenvalue weighted by Gasteiger charge is -2.34. The molecule has 49 heavy (non-hydrogen) atoms. The second kappa shape index (κ2) is 14.5. The van der Waals surface area contributed by atoms with E-state index >= 15 is 0 Å². The molecular formula is C34H44Cl2N6O6S. The Morgan fingerprint density at radius 2 is 1.94 bits per heavy atom. The number of nitrogens with one attached hydrogen (secondary N) is 3. The van der Waals surface area contributed by atoms with E-state index in [0.717, 1.165) is 5.17 Å². The number of nitrogens with zero attached hydrogens (tertiary/aromatic N) is 3. The molecule has 0 spiro atoms. The van der Waals surface area contributed by atoms with E-state index < -0.39 is 41.0 Å². The van der Waals surface area contributed by atoms with Gasteiger partial charge in [0.05, 0.1) is 32.0 Å². The summed E-state index contributed by atoms with van der Waals surface area (Å²) in [5, 5.41) is 8.05. The first-order valence-electron chi connectivity index (χ1n) is 16.2. The molecule has 3 N–H and O–H groups in total. The van der Waals surface area contributed by atoms with Crippen LogP contribution in [0.5, 0.6) is 11.5 Å². The highest BCUT2D eigenvalue weighted by molar-refractivity contribution is 8.14. The van der Waals surface area contributed by atoms with Gasteiger partial charge in [0, 0.05) is 35.6 Å². The van der Waals surface area contributed by atoms with Crippen LogP contribution in [0.4, 0.5) is 0 Å². The summed E-state index contributed by atoms with van der Waals surface area (Å²) in [6.45, 7) is 13.6. The van der Waals surface area contributed by atoms with E-state index in [-0.39, 0.29) is 36.9 Å². The minimum atomic E-state index is -1.23. The predicted octanol–water partition coefficient (Wildman–Crippen LogP) is 4.78. The number of likely N-dealkylation sites (tertiary alicyclic amines) is 1. The van der Waals surface area contributed by atoms with Gasteiger partial charge in [0.1, 0.15) is 46.3 Å². The molecule has 15 heteroatoms. The van der Waals surface area contributed by atoms with E-state index in [4.69, 9.17) is 47.6 Å². The summed E-state index contributed by atoms with van der Waals surface area (Å²) in [4.78, 5) is 54.7. The zero-order valence-electron chi connectivity index (χ0n) is 28.8. The number of esters is 1. The Bertz CT molecular complexity index is 1670. The van der Waals surface area contributed by atoms with Crippen LogP contribution in [-0.4, -0.2) is 89.1 Å². The van der Waals surface area contributed by atoms with Gasteiger partial charge >= 0.3 is 5.97 Å². The Labute approximate surface area is 301 Å². The molecule has 1 aliphatic carbocycles. The van der Waals surface area contributed by atoms with E-state index in [2.05, 4.69) is 35.9 Å². The SMILES string of the molecule is C=C[C@@H]1C[C@]1(NC(=O)[C@@H]1C[C@@H](Oc2cc(C3CSC(NC(C)C)=N3)nc3c(Cl)c(OC)ccc23)CN1C(=O)[C@@H](NCl)C(C)(C)C)C(=O)OC. The fourth-order valence-electron chi connectivity index (χ4n) is 6.29. The van der Waals surface area contributed by atoms with Gasteiger partial charge in [-0.2, -0.15) is 0 Å². The van der Waals surface area contributed by atoms with Gasteiger partial charge in [-0.1, -0.05) is 50.2 Å². The van der Waals surface area contributed by atoms with E-state index in [9.17, 15) is 14.4 Å². The summed E-state index contributed by atoms with van der Waals surface area (Å²) in [6, 6.07) is 3.60. The van der Waals surface area contributed by atoms with Crippen molar-refractivity contribution in [1.29, 1.82) is 0 Å². The molecule has 2 aromatic rings. The number of rotatable bonds is 11. The number of hydrogen-bond acceptors (Lipinski definition) is 11. The van der Waals surface area contributed by atoms with Gasteiger partial charge in [-0.25, -0.2) is 14.6 Å². The number of halogens is 2. The number of benzene rings is 1. The fourth-order valence-corrected chi connectivity index (χ4v) is 8.08. The normalized spacial score (nSPS) is 25.5. The largest absolute Gasteiger partial charge is 0.495 e. The maximum atomic E-state index is 14.1. The number of fused-ring (bicyclic) bond motifs is 1. The number of aromatic nitrogens is 1. The summed E-state index contributed by atoms with van der Waals surface area (Å²) in [5.74, 6) is -0.0903. The molecule has 2 aliphatic heterocycles. The van der Waals surface area contributed by atoms with Crippen LogP contribution in [-0.2, 0) is 19.1 Å². The standard InChI is InChI=1S/C34H44Cl2N6O6S/c1-9-18-14-34(18,31(45)47-8)40-29(43)23-12-19(15-42(23)30(44)28(41-36)33(4,5)6)48-25-13-21(22-16-49-32(39-22)37-17(2)3)38-27-20(25)10-11-24(46-7)26(27)35/h9-11,13,17-19,22-23,28,41H,1,12,14-16H2,2-8H3,(H,37,39)(H,40,43)/t18-,19-,22?,23+,28-,34-/m1/s1. The van der Waals surface area contributed by atoms with Crippen molar-refractivity contribution in [2.45, 2.75) is 83.3 Å². The molecule has 1 unspecified atom stereocenters. The molecule has 2 amide bonds. The summed E-state index contributed by atoms with van der Waals surface area (Å²) in [7, 11) is 2.81. The maximum absolute atomic E-state index is 14.1. The van der Waals surface area contributed by atoms with E-state index in [1.165, 1.54) is 19.1 Å². The van der Waals surface area contributed by atoms with Crippen molar-refractivity contribution in [2.24, 2.45) is 16.3 Å². The minimum absolute atomic E-state index is 0.0844. The molecule has 3 aliphatic rings. The van der Waals surface area contributed by atoms with Crippen molar-refractivity contribution >= 4 is 69.0 Å². The molecule has 3 heterocycles. The van der Waals surface area contributed by atoms with E-state index in [1.54, 1.807) is 23.9 Å². The van der Waals surface area contributed by atoms with Gasteiger partial charge < -0.3 is 29.7 Å². The minimum Gasteiger partial charge on any atom is -0.495 e. The van der Waals surface area contributed by atoms with Crippen molar-refractivity contribution in [3.8, 4) is 11.5 Å². The van der Waals surface area contributed by atoms with Crippen molar-refractivity contribution in [2.75, 3.05) is 26.5 Å². The highest BCUT2D eigenvalue weighted by Gasteiger charge is 2.62. The average molecular weight is 736 g/mol. The third kappa shape index (κ3) is 7.45. The number of amidine groups is 1. The number of amides is 2. The van der Waals surface area contributed by atoms with Crippen LogP contribution in [0.3, 0.4) is 0 Å². The molecule has 266 valence electrons. The van der Waals surface area contributed by atoms with Crippen LogP contribution in [0.25, 0.3) is 10.9 Å². The molecule has 2 fully saturated rings. The summed E-state index contributed by atoms with van der Waals surface area (Å²) in [5.41, 5.74) is -0.660. The Morgan fingerprint density at radius 1 is 1.20 bits per heavy atom. The number of pyridine rings is 1. The monoisotopic (exact) mass is 734 g/mol. The molecular weight excluding hydrogens is 691 g/mol. The van der Waals surface area contributed by atoms with Crippen LogP contribution >= 0.6 is 35.1 Å². The first-order valence-corrected chi connectivity index (χ1v) is 17.9. The molecule has 5 rings (SSSR count). The first-order chi connectivity index (χ1) is 23.2. The van der Waals surface area contributed by atoms with Gasteiger partial charge in [0.15, 0.2) is 5.17 Å². The predicted molar refractivity (Wildman–Crippen MR) is 192 cm³/mol. The lowest BCUT2D eigenvalue weighted by Crippen LogP contribution is -2.57. The van der Waals surface area contributed by atoms with Crippen LogP contribution in [0.2, 0.25) is 5.02 Å². The number of thioether (sulfide) groups is 1. The van der Waals surface area contributed by atoms with Crippen molar-refractivity contribution < 1.29 is 28.6 Å². The van der Waals surface area contributed by atoms with Crippen molar-refractivity contribution in [1.82, 2.24) is 25.4 Å². The van der Waals surface area contributed by atoms with E-state index in [1.807, 2.05) is 32.9 Å². The number of aliphatic imine (C=N–C) groups is 1. The second-order valence-electron chi connectivity index (χ2n) is 14.0. The fraction of sp³-hybridized carbons (Fsp3) is 0.559. The van der Waals surface area contributed by atoms with Gasteiger partial charge in [0.2, 0.25) is 11.8 Å². The summed E-state index contributed by atoms with van der Waals surface area (Å²) in [6.07, 6.45) is 1.51. The Hall–Kier alpha value is -3.26. The van der Waals surface area contributed by atoms with Crippen LogP contribution in [0.1, 0.15) is 59.2 Å². The number of ether oxygens (including phenoxy) is 3. The first kappa shape index (κ1) is 37.0. The van der Waals surface area contributed by atoms with E-state index in [0.29, 0.717) is 45.3 Å². The maximum Gasteiger partial charge on any atom is 0.332 e. The second-order valence-corrected chi connectivity index (χ2v) is 15.6. The lowest BCUT2D eigenvalue weighted by atomic mass is 9.86. The van der Waals surface area contributed by atoms with Gasteiger partial charge in [0.25, 0.3) is 0 Å². The van der Waals surface area contributed by atoms with Crippen LogP contribution in [0, 0.1) is 11.3 Å². The third-order valence-corrected chi connectivity index (χ3v) is 10.6. The Morgan fingerprint density at radius 3 is 2.53 bits per heavy atom. The Balaban J connectivity index is 1.51. The highest BCUT2D eigenvalue weighted by Crippen LogP contribution is 2.46. The molecule has 1 saturated carbocycles. The molecule has 1 aromatic carbocycles. The number of hydrogen-bond donors (Lipinski definition) is 3. The molecule has 0 bridgehead atoms. The smallest absolute Gasteiger partial charge is 0.332 e. The molecule has 12 nitrogen and oxygen atoms in total. The summed E-state index contributed by atoms with van der Waals surface area (Å²) < 4.78 is 17.2. The quantitative estimate of drug-likeness (QED) is 0.168. The highest BCUT2D eigenvalue weighted by atomic mass is 35.5. The molecule has 0 radical (unpaired) electrons. The number of carbonyl (C=O) groups excluding carboxylic acids is 3. The van der Waals surface area contributed by atoms with Gasteiger partial charge in [-0.3, -0.25) is 14.6 Å². The zero-order valence-corrected chi connectivity index (χ0v) is 31.1. The Kier molecular flexibility index (Phi) is 11.0. The molecule has 1 saturated heterocycles. The average Bonchev–Trinajstić information content (AvgIpc) is 3.33. The molecule has 1 aromatic heterocycles. The molecule has 6 atom stereocenters. The van der Waals surface area contributed by atoms with Gasteiger partial charge in [-0.15, -0.1) is 6.58 Å².